The van der Waals surface area contributed by atoms with Crippen molar-refractivity contribution in [2.45, 2.75) is 39.3 Å². The van der Waals surface area contributed by atoms with Crippen molar-refractivity contribution in [2.75, 3.05) is 13.1 Å². The van der Waals surface area contributed by atoms with Gasteiger partial charge in [-0.05, 0) is 45.4 Å². The summed E-state index contributed by atoms with van der Waals surface area (Å²) in [4.78, 5) is 13.9. The zero-order chi connectivity index (χ0) is 16.0. The average molecular weight is 290 g/mol. The molecule has 0 aliphatic carbocycles. The molecule has 1 amide bonds. The molecule has 0 bridgehead atoms. The Morgan fingerprint density at radius 3 is 2.43 bits per heavy atom. The molecule has 0 unspecified atom stereocenters. The standard InChI is InChI=1S/C17H26N2O2/c1-7-9-15(10-13(3)8-2)19-11-14(12-19)18-16(20)21-17(4,5)6/h7-10,14H,1-2,11-12H2,3-6H3,(H,18,20)/b13-10-,15-9+. The van der Waals surface area contributed by atoms with Gasteiger partial charge in [-0.2, -0.15) is 0 Å². The number of carbonyl (C=O) groups excluding carboxylic acids is 1. The lowest BCUT2D eigenvalue weighted by atomic mass is 10.1. The average Bonchev–Trinajstić information content (AvgIpc) is 2.30. The van der Waals surface area contributed by atoms with E-state index in [1.165, 1.54) is 0 Å². The van der Waals surface area contributed by atoms with Crippen LogP contribution in [0.3, 0.4) is 0 Å². The predicted molar refractivity (Wildman–Crippen MR) is 87.0 cm³/mol. The topological polar surface area (TPSA) is 41.6 Å². The highest BCUT2D eigenvalue weighted by atomic mass is 16.6. The first-order valence-corrected chi connectivity index (χ1v) is 7.13. The molecular formula is C17H26N2O2. The molecule has 0 spiro atoms. The molecule has 4 nitrogen and oxygen atoms in total. The lowest BCUT2D eigenvalue weighted by Gasteiger charge is -2.42. The molecule has 1 rings (SSSR count). The van der Waals surface area contributed by atoms with E-state index < -0.39 is 5.60 Å². The summed E-state index contributed by atoms with van der Waals surface area (Å²) in [5.41, 5.74) is 1.70. The van der Waals surface area contributed by atoms with Crippen LogP contribution in [0, 0.1) is 0 Å². The van der Waals surface area contributed by atoms with E-state index in [1.807, 2.05) is 39.8 Å². The Morgan fingerprint density at radius 2 is 1.95 bits per heavy atom. The maximum atomic E-state index is 11.7. The molecular weight excluding hydrogens is 264 g/mol. The van der Waals surface area contributed by atoms with Gasteiger partial charge >= 0.3 is 6.09 Å². The zero-order valence-corrected chi connectivity index (χ0v) is 13.5. The lowest BCUT2D eigenvalue weighted by molar-refractivity contribution is 0.0437. The van der Waals surface area contributed by atoms with Gasteiger partial charge in [0, 0.05) is 18.8 Å². The number of ether oxygens (including phenoxy) is 1. The number of likely N-dealkylation sites (tertiary alicyclic amines) is 1. The van der Waals surface area contributed by atoms with Gasteiger partial charge in [0.05, 0.1) is 6.04 Å². The Bertz CT molecular complexity index is 464. The third-order valence-electron chi connectivity index (χ3n) is 2.95. The van der Waals surface area contributed by atoms with Crippen LogP contribution in [0.15, 0.2) is 48.7 Å². The summed E-state index contributed by atoms with van der Waals surface area (Å²) in [7, 11) is 0. The molecule has 1 aliphatic rings. The van der Waals surface area contributed by atoms with E-state index in [0.29, 0.717) is 0 Å². The van der Waals surface area contributed by atoms with Crippen molar-refractivity contribution in [2.24, 2.45) is 0 Å². The first-order valence-electron chi connectivity index (χ1n) is 7.13. The Labute approximate surface area is 127 Å². The quantitative estimate of drug-likeness (QED) is 0.789. The largest absolute Gasteiger partial charge is 0.444 e. The molecule has 116 valence electrons. The molecule has 0 radical (unpaired) electrons. The number of allylic oxidation sites excluding steroid dienone is 5. The van der Waals surface area contributed by atoms with Crippen molar-refractivity contribution in [3.05, 3.63) is 48.7 Å². The second-order valence-electron chi connectivity index (χ2n) is 6.17. The van der Waals surface area contributed by atoms with Crippen LogP contribution in [0.1, 0.15) is 27.7 Å². The molecule has 0 saturated carbocycles. The molecule has 1 fully saturated rings. The van der Waals surface area contributed by atoms with Crippen LogP contribution in [0.2, 0.25) is 0 Å². The number of nitrogens with zero attached hydrogens (tertiary/aromatic N) is 1. The normalized spacial score (nSPS) is 17.0. The molecule has 1 saturated heterocycles. The maximum Gasteiger partial charge on any atom is 0.407 e. The molecule has 0 aromatic carbocycles. The van der Waals surface area contributed by atoms with E-state index in [1.54, 1.807) is 6.08 Å². The number of rotatable bonds is 5. The molecule has 1 aliphatic heterocycles. The maximum absolute atomic E-state index is 11.7. The summed E-state index contributed by atoms with van der Waals surface area (Å²) in [5.74, 6) is 0. The number of amides is 1. The second-order valence-corrected chi connectivity index (χ2v) is 6.17. The van der Waals surface area contributed by atoms with Crippen molar-refractivity contribution >= 4 is 6.09 Å². The van der Waals surface area contributed by atoms with Crippen LogP contribution >= 0.6 is 0 Å². The van der Waals surface area contributed by atoms with Crippen LogP contribution in [0.4, 0.5) is 4.79 Å². The van der Waals surface area contributed by atoms with E-state index in [9.17, 15) is 4.79 Å². The third kappa shape index (κ3) is 5.90. The van der Waals surface area contributed by atoms with Crippen LogP contribution in [0.5, 0.6) is 0 Å². The van der Waals surface area contributed by atoms with Gasteiger partial charge < -0.3 is 15.0 Å². The molecule has 0 aromatic heterocycles. The summed E-state index contributed by atoms with van der Waals surface area (Å²) in [6, 6.07) is 0.116. The highest BCUT2D eigenvalue weighted by molar-refractivity contribution is 5.68. The Kier molecular flexibility index (Phi) is 5.82. The fraction of sp³-hybridized carbons (Fsp3) is 0.471. The first kappa shape index (κ1) is 17.1. The SMILES string of the molecule is C=C/C=C(\C=C(\C)C=C)N1CC(NC(=O)OC(C)(C)C)C1. The number of hydrogen-bond acceptors (Lipinski definition) is 3. The monoisotopic (exact) mass is 290 g/mol. The van der Waals surface area contributed by atoms with Gasteiger partial charge in [-0.25, -0.2) is 4.79 Å². The Morgan fingerprint density at radius 1 is 1.33 bits per heavy atom. The minimum absolute atomic E-state index is 0.116. The van der Waals surface area contributed by atoms with Gasteiger partial charge in [-0.1, -0.05) is 25.3 Å². The van der Waals surface area contributed by atoms with E-state index >= 15 is 0 Å². The van der Waals surface area contributed by atoms with Gasteiger partial charge in [0.1, 0.15) is 5.60 Å². The van der Waals surface area contributed by atoms with Gasteiger partial charge in [-0.15, -0.1) is 0 Å². The fourth-order valence-corrected chi connectivity index (χ4v) is 1.91. The van der Waals surface area contributed by atoms with E-state index in [4.69, 9.17) is 4.74 Å². The number of carbonyl (C=O) groups is 1. The van der Waals surface area contributed by atoms with Crippen LogP contribution in [-0.4, -0.2) is 35.7 Å². The van der Waals surface area contributed by atoms with Gasteiger partial charge in [0.2, 0.25) is 0 Å². The van der Waals surface area contributed by atoms with Crippen LogP contribution < -0.4 is 5.32 Å². The van der Waals surface area contributed by atoms with E-state index in [-0.39, 0.29) is 12.1 Å². The summed E-state index contributed by atoms with van der Waals surface area (Å²) in [6.45, 7) is 16.6. The van der Waals surface area contributed by atoms with Crippen LogP contribution in [0.25, 0.3) is 0 Å². The van der Waals surface area contributed by atoms with Crippen molar-refractivity contribution < 1.29 is 9.53 Å². The van der Waals surface area contributed by atoms with E-state index in [2.05, 4.69) is 29.5 Å². The third-order valence-corrected chi connectivity index (χ3v) is 2.95. The summed E-state index contributed by atoms with van der Waals surface area (Å²) >= 11 is 0. The Balaban J connectivity index is 2.51. The van der Waals surface area contributed by atoms with Gasteiger partial charge in [0.25, 0.3) is 0 Å². The summed E-state index contributed by atoms with van der Waals surface area (Å²) in [6.07, 6.45) is 7.22. The van der Waals surface area contributed by atoms with Gasteiger partial charge in [-0.3, -0.25) is 0 Å². The summed E-state index contributed by atoms with van der Waals surface area (Å²) in [5, 5.41) is 2.87. The summed E-state index contributed by atoms with van der Waals surface area (Å²) < 4.78 is 5.24. The Hall–Kier alpha value is -1.97. The fourth-order valence-electron chi connectivity index (χ4n) is 1.91. The van der Waals surface area contributed by atoms with E-state index in [0.717, 1.165) is 24.4 Å². The van der Waals surface area contributed by atoms with Crippen molar-refractivity contribution in [3.63, 3.8) is 0 Å². The number of hydrogen-bond donors (Lipinski definition) is 1. The molecule has 1 N–H and O–H groups in total. The molecule has 4 heteroatoms. The molecule has 1 heterocycles. The zero-order valence-electron chi connectivity index (χ0n) is 13.5. The highest BCUT2D eigenvalue weighted by Gasteiger charge is 2.30. The van der Waals surface area contributed by atoms with Crippen molar-refractivity contribution in [1.82, 2.24) is 10.2 Å². The minimum Gasteiger partial charge on any atom is -0.444 e. The molecule has 0 aromatic rings. The predicted octanol–water partition coefficient (Wildman–Crippen LogP) is 3.40. The first-order chi connectivity index (χ1) is 9.75. The molecule has 21 heavy (non-hydrogen) atoms. The van der Waals surface area contributed by atoms with Crippen LogP contribution in [-0.2, 0) is 4.74 Å². The second kappa shape index (κ2) is 7.16. The minimum atomic E-state index is -0.467. The lowest BCUT2D eigenvalue weighted by Crippen LogP contribution is -2.58. The number of alkyl carbamates (subject to hydrolysis) is 1. The van der Waals surface area contributed by atoms with Crippen molar-refractivity contribution in [1.29, 1.82) is 0 Å². The molecule has 0 atom stereocenters. The highest BCUT2D eigenvalue weighted by Crippen LogP contribution is 2.19. The number of nitrogens with one attached hydrogen (secondary N) is 1. The van der Waals surface area contributed by atoms with Gasteiger partial charge in [0.15, 0.2) is 0 Å². The van der Waals surface area contributed by atoms with Crippen molar-refractivity contribution in [3.8, 4) is 0 Å². The smallest absolute Gasteiger partial charge is 0.407 e.